The van der Waals surface area contributed by atoms with Gasteiger partial charge in [0.15, 0.2) is 0 Å². The summed E-state index contributed by atoms with van der Waals surface area (Å²) < 4.78 is 5.45. The van der Waals surface area contributed by atoms with Crippen LogP contribution < -0.4 is 5.32 Å². The first kappa shape index (κ1) is 27.6. The normalized spacial score (nSPS) is 25.1. The maximum Gasteiger partial charge on any atom is 0.310 e. The van der Waals surface area contributed by atoms with Crippen LogP contribution in [0.5, 0.6) is 0 Å². The number of likely N-dealkylation sites (tertiary alicyclic amines) is 1. The van der Waals surface area contributed by atoms with E-state index >= 15 is 0 Å². The minimum absolute atomic E-state index is 0.157. The van der Waals surface area contributed by atoms with Gasteiger partial charge in [-0.25, -0.2) is 0 Å². The molecule has 1 fully saturated rings. The summed E-state index contributed by atoms with van der Waals surface area (Å²) in [6, 6.07) is 13.4. The Labute approximate surface area is 224 Å². The van der Waals surface area contributed by atoms with Gasteiger partial charge in [-0.05, 0) is 49.8 Å². The number of carbonyl (C=O) groups is 3. The Morgan fingerprint density at radius 2 is 1.71 bits per heavy atom. The zero-order chi connectivity index (χ0) is 27.4. The number of nitrogens with one attached hydrogen (secondary N) is 1. The molecule has 0 spiro atoms. The zero-order valence-corrected chi connectivity index (χ0v) is 22.6. The first-order chi connectivity index (χ1) is 18.3. The van der Waals surface area contributed by atoms with Crippen LogP contribution >= 0.6 is 0 Å². The summed E-state index contributed by atoms with van der Waals surface area (Å²) in [5.74, 6) is -3.17. The SMILES string of the molecule is CCC[C@@H]1C=C[C@H]2[C@H](C(=O)N([C@H](CO)c3ccccc3)[C@@H]2C(=O)Nc2c(C)cccc2C)[C@@H]1C(=O)OCC. The van der Waals surface area contributed by atoms with Crippen molar-refractivity contribution in [2.24, 2.45) is 23.7 Å². The lowest BCUT2D eigenvalue weighted by atomic mass is 9.69. The van der Waals surface area contributed by atoms with Crippen molar-refractivity contribution >= 4 is 23.5 Å². The van der Waals surface area contributed by atoms with Crippen LogP contribution in [0.25, 0.3) is 0 Å². The number of aryl methyl sites for hydroxylation is 2. The summed E-state index contributed by atoms with van der Waals surface area (Å²) in [5, 5.41) is 13.6. The number of hydrogen-bond acceptors (Lipinski definition) is 5. The highest BCUT2D eigenvalue weighted by Crippen LogP contribution is 2.48. The monoisotopic (exact) mass is 518 g/mol. The van der Waals surface area contributed by atoms with Crippen molar-refractivity contribution < 1.29 is 24.2 Å². The van der Waals surface area contributed by atoms with Crippen LogP contribution in [0.2, 0.25) is 0 Å². The number of para-hydroxylation sites is 1. The van der Waals surface area contributed by atoms with E-state index in [1.807, 2.05) is 81.5 Å². The molecule has 7 nitrogen and oxygen atoms in total. The van der Waals surface area contributed by atoms with Gasteiger partial charge in [-0.3, -0.25) is 14.4 Å². The number of carbonyl (C=O) groups excluding carboxylic acids is 3. The van der Waals surface area contributed by atoms with Gasteiger partial charge in [-0.15, -0.1) is 0 Å². The fraction of sp³-hybridized carbons (Fsp3) is 0.452. The number of benzene rings is 2. The molecule has 2 N–H and O–H groups in total. The molecule has 0 bridgehead atoms. The van der Waals surface area contributed by atoms with Crippen molar-refractivity contribution in [3.8, 4) is 0 Å². The molecule has 2 amide bonds. The first-order valence-electron chi connectivity index (χ1n) is 13.5. The van der Waals surface area contributed by atoms with E-state index in [0.29, 0.717) is 5.69 Å². The van der Waals surface area contributed by atoms with E-state index in [4.69, 9.17) is 4.74 Å². The molecule has 2 aliphatic rings. The fourth-order valence-electron chi connectivity index (χ4n) is 6.19. The van der Waals surface area contributed by atoms with Gasteiger partial charge in [0.05, 0.1) is 31.1 Å². The smallest absolute Gasteiger partial charge is 0.310 e. The van der Waals surface area contributed by atoms with Crippen molar-refractivity contribution in [3.63, 3.8) is 0 Å². The predicted molar refractivity (Wildman–Crippen MR) is 146 cm³/mol. The van der Waals surface area contributed by atoms with Gasteiger partial charge in [0.25, 0.3) is 0 Å². The molecule has 0 unspecified atom stereocenters. The number of allylic oxidation sites excluding steroid dienone is 1. The number of esters is 1. The largest absolute Gasteiger partial charge is 0.466 e. The molecule has 202 valence electrons. The lowest BCUT2D eigenvalue weighted by Crippen LogP contribution is -2.47. The third-order valence-corrected chi connectivity index (χ3v) is 7.92. The third kappa shape index (κ3) is 5.12. The van der Waals surface area contributed by atoms with Crippen LogP contribution in [0, 0.1) is 37.5 Å². The van der Waals surface area contributed by atoms with E-state index in [2.05, 4.69) is 5.32 Å². The molecule has 1 aliphatic heterocycles. The molecule has 1 saturated heterocycles. The van der Waals surface area contributed by atoms with Crippen LogP contribution in [-0.2, 0) is 19.1 Å². The average Bonchev–Trinajstić information content (AvgIpc) is 3.20. The number of amides is 2. The average molecular weight is 519 g/mol. The van der Waals surface area contributed by atoms with E-state index in [0.717, 1.165) is 29.5 Å². The van der Waals surface area contributed by atoms with Crippen LogP contribution in [0.3, 0.4) is 0 Å². The van der Waals surface area contributed by atoms with Crippen LogP contribution in [-0.4, -0.2) is 47.0 Å². The van der Waals surface area contributed by atoms with Gasteiger partial charge >= 0.3 is 5.97 Å². The van der Waals surface area contributed by atoms with Gasteiger partial charge in [0.1, 0.15) is 6.04 Å². The Bertz CT molecular complexity index is 1170. The predicted octanol–water partition coefficient (Wildman–Crippen LogP) is 4.58. The van der Waals surface area contributed by atoms with E-state index in [1.54, 1.807) is 6.92 Å². The molecular weight excluding hydrogens is 480 g/mol. The molecule has 1 aliphatic carbocycles. The Hall–Kier alpha value is -3.45. The fourth-order valence-corrected chi connectivity index (χ4v) is 6.19. The summed E-state index contributed by atoms with van der Waals surface area (Å²) in [7, 11) is 0. The second-order valence-electron chi connectivity index (χ2n) is 10.3. The van der Waals surface area contributed by atoms with Crippen molar-refractivity contribution in [2.75, 3.05) is 18.5 Å². The van der Waals surface area contributed by atoms with Gasteiger partial charge in [-0.2, -0.15) is 0 Å². The minimum atomic E-state index is -0.903. The van der Waals surface area contributed by atoms with Crippen molar-refractivity contribution in [3.05, 3.63) is 77.4 Å². The molecule has 1 heterocycles. The summed E-state index contributed by atoms with van der Waals surface area (Å²) in [4.78, 5) is 43.1. The highest BCUT2D eigenvalue weighted by Gasteiger charge is 2.59. The van der Waals surface area contributed by atoms with Crippen molar-refractivity contribution in [1.82, 2.24) is 4.90 Å². The molecule has 2 aromatic carbocycles. The number of aliphatic hydroxyl groups is 1. The van der Waals surface area contributed by atoms with E-state index in [-0.39, 0.29) is 30.9 Å². The maximum atomic E-state index is 14.3. The second kappa shape index (κ2) is 11.9. The zero-order valence-electron chi connectivity index (χ0n) is 22.6. The molecule has 38 heavy (non-hydrogen) atoms. The number of anilines is 1. The number of fused-ring (bicyclic) bond motifs is 1. The Kier molecular flexibility index (Phi) is 8.67. The topological polar surface area (TPSA) is 95.9 Å². The molecule has 6 atom stereocenters. The minimum Gasteiger partial charge on any atom is -0.466 e. The van der Waals surface area contributed by atoms with E-state index in [9.17, 15) is 19.5 Å². The van der Waals surface area contributed by atoms with Gasteiger partial charge in [-0.1, -0.05) is 74.0 Å². The molecule has 0 aromatic heterocycles. The van der Waals surface area contributed by atoms with Crippen LogP contribution in [0.4, 0.5) is 5.69 Å². The number of nitrogens with zero attached hydrogens (tertiary/aromatic N) is 1. The van der Waals surface area contributed by atoms with E-state index < -0.39 is 35.8 Å². The lowest BCUT2D eigenvalue weighted by molar-refractivity contribution is -0.156. The molecule has 2 aromatic rings. The lowest BCUT2D eigenvalue weighted by Gasteiger charge is -2.34. The van der Waals surface area contributed by atoms with Gasteiger partial charge in [0.2, 0.25) is 11.8 Å². The number of ether oxygens (including phenoxy) is 1. The highest BCUT2D eigenvalue weighted by molar-refractivity contribution is 6.02. The number of aliphatic hydroxyl groups excluding tert-OH is 1. The quantitative estimate of drug-likeness (QED) is 0.374. The second-order valence-corrected chi connectivity index (χ2v) is 10.3. The van der Waals surface area contributed by atoms with Crippen molar-refractivity contribution in [1.29, 1.82) is 0 Å². The number of rotatable bonds is 9. The molecular formula is C31H38N2O5. The molecule has 0 radical (unpaired) electrons. The summed E-state index contributed by atoms with van der Waals surface area (Å²) in [6.07, 6.45) is 5.50. The van der Waals surface area contributed by atoms with Crippen LogP contribution in [0.15, 0.2) is 60.7 Å². The maximum absolute atomic E-state index is 14.3. The van der Waals surface area contributed by atoms with Gasteiger partial charge in [0, 0.05) is 11.6 Å². The molecule has 4 rings (SSSR count). The summed E-state index contributed by atoms with van der Waals surface area (Å²) >= 11 is 0. The first-order valence-corrected chi connectivity index (χ1v) is 13.5. The third-order valence-electron chi connectivity index (χ3n) is 7.92. The standard InChI is InChI=1S/C31H38N2O5/c1-5-11-22-16-17-23-26(25(22)31(37)38-6-2)30(36)33(24(18-34)21-14-8-7-9-15-21)28(23)29(35)32-27-19(3)12-10-13-20(27)4/h7-10,12-17,22-26,28,34H,5-6,11,18H2,1-4H3,(H,32,35)/t22-,23+,24-,25-,26+,28+/m1/s1. The number of hydrogen-bond donors (Lipinski definition) is 2. The Balaban J connectivity index is 1.82. The summed E-state index contributed by atoms with van der Waals surface area (Å²) in [5.41, 5.74) is 3.27. The molecule has 0 saturated carbocycles. The highest BCUT2D eigenvalue weighted by atomic mass is 16.5. The Morgan fingerprint density at radius 3 is 2.32 bits per heavy atom. The Morgan fingerprint density at radius 1 is 1.03 bits per heavy atom. The van der Waals surface area contributed by atoms with Crippen molar-refractivity contribution in [2.45, 2.75) is 52.6 Å². The summed E-state index contributed by atoms with van der Waals surface area (Å²) in [6.45, 7) is 7.51. The molecule has 7 heteroatoms. The van der Waals surface area contributed by atoms with E-state index in [1.165, 1.54) is 4.90 Å². The van der Waals surface area contributed by atoms with Gasteiger partial charge < -0.3 is 20.1 Å². The van der Waals surface area contributed by atoms with Crippen LogP contribution in [0.1, 0.15) is 49.4 Å².